The number of Topliss-reactive ketones (excluding diaryl/α,β-unsaturated/α-hetero) is 2. The summed E-state index contributed by atoms with van der Waals surface area (Å²) in [5.74, 6) is -6.29. The van der Waals surface area contributed by atoms with Gasteiger partial charge in [-0.3, -0.25) is 29.1 Å². The fourth-order valence-corrected chi connectivity index (χ4v) is 7.31. The first-order chi connectivity index (χ1) is 21.6. The van der Waals surface area contributed by atoms with Gasteiger partial charge in [0.05, 0.1) is 11.1 Å². The maximum Gasteiger partial charge on any atom is 0.255 e. The number of hydrogen-bond donors (Lipinski definition) is 6. The molecule has 2 aromatic carbocycles. The Morgan fingerprint density at radius 2 is 1.80 bits per heavy atom. The Balaban J connectivity index is 1.76. The van der Waals surface area contributed by atoms with Crippen LogP contribution in [0.15, 0.2) is 71.0 Å². The lowest BCUT2D eigenvalue weighted by atomic mass is 9.48. The predicted octanol–water partition coefficient (Wildman–Crippen LogP) is 1.60. The number of benzene rings is 2. The summed E-state index contributed by atoms with van der Waals surface area (Å²) in [6.07, 6.45) is 0.954. The van der Waals surface area contributed by atoms with Crippen LogP contribution in [0.1, 0.15) is 17.5 Å². The van der Waals surface area contributed by atoms with E-state index in [2.05, 4.69) is 23.6 Å². The summed E-state index contributed by atoms with van der Waals surface area (Å²) in [7, 11) is 4.34. The maximum atomic E-state index is 14.6. The number of likely N-dealkylation sites (N-methyl/N-ethyl adjacent to an activating group) is 1. The summed E-state index contributed by atoms with van der Waals surface area (Å²) >= 11 is 0. The third kappa shape index (κ3) is 4.23. The standard InChI is InChI=1S/C33H34N4O9/c1-6-31-13-19-18(16-7-9-17(10-8-16)36-21(39)14-46-5)11-12-20(38)22(19)25(40)24(31)29(43)33(45)28(42)23(30(34)44)26(41)27(37(3)4)32(33,15-31)35-2/h6-12,27,38,40,42,45H,1-2,13-15H2,3-5H3,(H2,34,44)(H,36,39)/t27-,31+,32-,33-/m1/s1. The molecular formula is C33H34N4O9. The van der Waals surface area contributed by atoms with Crippen LogP contribution in [0.25, 0.3) is 16.9 Å². The zero-order valence-electron chi connectivity index (χ0n) is 25.5. The Bertz CT molecular complexity index is 1790. The minimum atomic E-state index is -3.05. The molecule has 4 atom stereocenters. The molecule has 46 heavy (non-hydrogen) atoms. The van der Waals surface area contributed by atoms with Crippen LogP contribution in [0.5, 0.6) is 5.75 Å². The van der Waals surface area contributed by atoms with Crippen molar-refractivity contribution in [2.24, 2.45) is 16.1 Å². The lowest BCUT2D eigenvalue weighted by Gasteiger charge is -2.59. The molecule has 0 aliphatic heterocycles. The molecule has 2 aromatic rings. The van der Waals surface area contributed by atoms with E-state index in [0.29, 0.717) is 22.4 Å². The van der Waals surface area contributed by atoms with E-state index in [1.807, 2.05) is 0 Å². The van der Waals surface area contributed by atoms with E-state index in [4.69, 9.17) is 10.5 Å². The van der Waals surface area contributed by atoms with E-state index in [1.54, 1.807) is 30.3 Å². The van der Waals surface area contributed by atoms with Gasteiger partial charge in [-0.05, 0) is 68.5 Å². The molecule has 5 rings (SSSR count). The van der Waals surface area contributed by atoms with Crippen molar-refractivity contribution in [2.45, 2.75) is 30.0 Å². The second kappa shape index (κ2) is 11.1. The fraction of sp³-hybridized carbons (Fsp3) is 0.303. The van der Waals surface area contributed by atoms with Gasteiger partial charge in [0.2, 0.25) is 17.3 Å². The maximum absolute atomic E-state index is 14.6. The molecule has 1 fully saturated rings. The third-order valence-corrected chi connectivity index (χ3v) is 9.24. The Morgan fingerprint density at radius 3 is 2.35 bits per heavy atom. The smallest absolute Gasteiger partial charge is 0.255 e. The van der Waals surface area contributed by atoms with Crippen LogP contribution in [0.3, 0.4) is 0 Å². The van der Waals surface area contributed by atoms with E-state index in [0.717, 1.165) is 0 Å². The second-order valence-corrected chi connectivity index (χ2v) is 11.9. The first-order valence-corrected chi connectivity index (χ1v) is 14.2. The van der Waals surface area contributed by atoms with Gasteiger partial charge in [-0.15, -0.1) is 6.58 Å². The number of phenols is 1. The molecule has 1 saturated carbocycles. The number of phenolic OH excluding ortho intramolecular Hbond substituents is 1. The average molecular weight is 631 g/mol. The predicted molar refractivity (Wildman–Crippen MR) is 168 cm³/mol. The number of primary amides is 1. The summed E-state index contributed by atoms with van der Waals surface area (Å²) in [5.41, 5.74) is -0.660. The number of aliphatic imine (C=N–C) groups is 1. The number of nitrogens with zero attached hydrogens (tertiary/aromatic N) is 2. The molecule has 0 heterocycles. The van der Waals surface area contributed by atoms with Gasteiger partial charge in [0.25, 0.3) is 5.91 Å². The number of aromatic hydroxyl groups is 1. The summed E-state index contributed by atoms with van der Waals surface area (Å²) in [6, 6.07) is 8.24. The molecule has 0 aromatic heterocycles. The highest BCUT2D eigenvalue weighted by atomic mass is 16.5. The van der Waals surface area contributed by atoms with Crippen molar-refractivity contribution in [1.29, 1.82) is 0 Å². The lowest BCUT2D eigenvalue weighted by Crippen LogP contribution is -2.77. The van der Waals surface area contributed by atoms with E-state index < -0.39 is 62.7 Å². The minimum Gasteiger partial charge on any atom is -0.508 e. The molecule has 0 saturated heterocycles. The van der Waals surface area contributed by atoms with Gasteiger partial charge in [0.1, 0.15) is 35.3 Å². The van der Waals surface area contributed by atoms with Gasteiger partial charge in [0.15, 0.2) is 11.5 Å². The topological polar surface area (TPSA) is 212 Å². The number of ether oxygens (including phenoxy) is 1. The molecule has 0 unspecified atom stereocenters. The SMILES string of the molecule is C=C[C@@]12Cc3c(-c4ccc(NC(=O)COC)cc4)ccc(O)c3C(O)=C1C(=O)[C@]1(O)C(O)=C(C(N)=O)C(=O)[C@@H](N(C)C)[C@]1(N=C)C2. The van der Waals surface area contributed by atoms with Crippen LogP contribution in [-0.4, -0.2) is 100 Å². The number of methoxy groups -OCH3 is 1. The summed E-state index contributed by atoms with van der Waals surface area (Å²) in [4.78, 5) is 58.1. The number of allylic oxidation sites excluding steroid dienone is 1. The molecule has 13 nitrogen and oxygen atoms in total. The molecule has 13 heteroatoms. The van der Waals surface area contributed by atoms with Crippen molar-refractivity contribution in [1.82, 2.24) is 4.90 Å². The Morgan fingerprint density at radius 1 is 1.15 bits per heavy atom. The number of aliphatic hydroxyl groups excluding tert-OH is 2. The van der Waals surface area contributed by atoms with E-state index in [1.165, 1.54) is 38.2 Å². The highest BCUT2D eigenvalue weighted by molar-refractivity contribution is 6.25. The zero-order valence-corrected chi connectivity index (χ0v) is 25.5. The number of hydrogen-bond acceptors (Lipinski definition) is 11. The number of carbonyl (C=O) groups excluding carboxylic acids is 4. The quantitative estimate of drug-likeness (QED) is 0.141. The number of carbonyl (C=O) groups is 4. The van der Waals surface area contributed by atoms with Crippen molar-refractivity contribution in [3.8, 4) is 16.9 Å². The monoisotopic (exact) mass is 630 g/mol. The number of nitrogens with one attached hydrogen (secondary N) is 1. The number of fused-ring (bicyclic) bond motifs is 3. The minimum absolute atomic E-state index is 0.0676. The first-order valence-electron chi connectivity index (χ1n) is 14.2. The summed E-state index contributed by atoms with van der Waals surface area (Å²) in [6.45, 7) is 7.44. The van der Waals surface area contributed by atoms with Crippen LogP contribution >= 0.6 is 0 Å². The van der Waals surface area contributed by atoms with Gasteiger partial charge < -0.3 is 36.2 Å². The summed E-state index contributed by atoms with van der Waals surface area (Å²) in [5, 5.41) is 49.0. The first kappa shape index (κ1) is 32.3. The molecule has 0 radical (unpaired) electrons. The molecular weight excluding hydrogens is 596 g/mol. The van der Waals surface area contributed by atoms with Crippen LogP contribution < -0.4 is 11.1 Å². The van der Waals surface area contributed by atoms with Gasteiger partial charge in [0, 0.05) is 18.2 Å². The molecule has 3 aliphatic rings. The molecule has 240 valence electrons. The van der Waals surface area contributed by atoms with Crippen molar-refractivity contribution >= 4 is 41.5 Å². The van der Waals surface area contributed by atoms with Gasteiger partial charge in [-0.2, -0.15) is 0 Å². The van der Waals surface area contributed by atoms with Gasteiger partial charge >= 0.3 is 0 Å². The van der Waals surface area contributed by atoms with Crippen LogP contribution in [-0.2, 0) is 30.3 Å². The van der Waals surface area contributed by atoms with E-state index in [-0.39, 0.29) is 36.7 Å². The number of anilines is 1. The van der Waals surface area contributed by atoms with Crippen molar-refractivity contribution in [3.63, 3.8) is 0 Å². The molecule has 0 spiro atoms. The largest absolute Gasteiger partial charge is 0.508 e. The zero-order chi connectivity index (χ0) is 33.9. The average Bonchev–Trinajstić information content (AvgIpc) is 2.99. The highest BCUT2D eigenvalue weighted by Gasteiger charge is 2.75. The van der Waals surface area contributed by atoms with E-state index >= 15 is 0 Å². The normalized spacial score (nSPS) is 27.1. The van der Waals surface area contributed by atoms with Crippen molar-refractivity contribution < 1.29 is 44.3 Å². The van der Waals surface area contributed by atoms with Gasteiger partial charge in [-0.1, -0.05) is 24.3 Å². The lowest BCUT2D eigenvalue weighted by molar-refractivity contribution is -0.159. The Hall–Kier alpha value is -5.11. The Kier molecular flexibility index (Phi) is 7.76. The Labute approximate surface area is 264 Å². The second-order valence-electron chi connectivity index (χ2n) is 11.9. The molecule has 2 amide bonds. The highest BCUT2D eigenvalue weighted by Crippen LogP contribution is 2.62. The number of rotatable bonds is 8. The number of amides is 2. The molecule has 3 aliphatic carbocycles. The van der Waals surface area contributed by atoms with E-state index in [9.17, 15) is 39.6 Å². The number of aliphatic hydroxyl groups is 3. The van der Waals surface area contributed by atoms with Crippen molar-refractivity contribution in [3.05, 3.63) is 77.1 Å². The number of nitrogens with two attached hydrogens (primary N) is 1. The third-order valence-electron chi connectivity index (χ3n) is 9.24. The van der Waals surface area contributed by atoms with Gasteiger partial charge in [-0.25, -0.2) is 0 Å². The molecule has 0 bridgehead atoms. The van der Waals surface area contributed by atoms with Crippen molar-refractivity contribution in [2.75, 3.05) is 33.1 Å². The van der Waals surface area contributed by atoms with Crippen LogP contribution in [0.4, 0.5) is 5.69 Å². The van der Waals surface area contributed by atoms with Crippen LogP contribution in [0.2, 0.25) is 0 Å². The molecule has 7 N–H and O–H groups in total. The fourth-order valence-electron chi connectivity index (χ4n) is 7.31. The summed E-state index contributed by atoms with van der Waals surface area (Å²) < 4.78 is 4.84. The number of ketones is 2. The van der Waals surface area contributed by atoms with Crippen LogP contribution in [0, 0.1) is 5.41 Å².